The molecule has 0 unspecified atom stereocenters. The first-order valence-corrected chi connectivity index (χ1v) is 6.90. The van der Waals surface area contributed by atoms with E-state index < -0.39 is 5.60 Å². The molecule has 2 rings (SSSR count). The van der Waals surface area contributed by atoms with Crippen LogP contribution in [0.25, 0.3) is 0 Å². The smallest absolute Gasteiger partial charge is 0.0817 e. The minimum atomic E-state index is -0.575. The molecule has 106 valence electrons. The van der Waals surface area contributed by atoms with Gasteiger partial charge >= 0.3 is 0 Å². The van der Waals surface area contributed by atoms with E-state index in [0.29, 0.717) is 19.8 Å². The van der Waals surface area contributed by atoms with E-state index in [1.54, 1.807) is 0 Å². The highest BCUT2D eigenvalue weighted by atomic mass is 16.5. The molecule has 0 radical (unpaired) electrons. The van der Waals surface area contributed by atoms with Gasteiger partial charge in [0.05, 0.1) is 5.60 Å². The number of anilines is 1. The van der Waals surface area contributed by atoms with E-state index in [4.69, 9.17) is 10.5 Å². The standard InChI is InChI=1S/C15H24N2O2/c1-17(12-15(18)7-10-19-11-8-15)9-6-13-2-4-14(16)5-3-13/h2-5,18H,6-12,16H2,1H3. The van der Waals surface area contributed by atoms with Crippen LogP contribution < -0.4 is 5.73 Å². The van der Waals surface area contributed by atoms with Gasteiger partial charge in [0.2, 0.25) is 0 Å². The number of benzene rings is 1. The van der Waals surface area contributed by atoms with Gasteiger partial charge in [0.1, 0.15) is 0 Å². The van der Waals surface area contributed by atoms with Crippen LogP contribution in [0.15, 0.2) is 24.3 Å². The summed E-state index contributed by atoms with van der Waals surface area (Å²) in [6, 6.07) is 7.99. The summed E-state index contributed by atoms with van der Waals surface area (Å²) in [6.45, 7) is 2.99. The molecule has 19 heavy (non-hydrogen) atoms. The quantitative estimate of drug-likeness (QED) is 0.787. The summed E-state index contributed by atoms with van der Waals surface area (Å²) >= 11 is 0. The topological polar surface area (TPSA) is 58.7 Å². The van der Waals surface area contributed by atoms with Crippen molar-refractivity contribution in [2.24, 2.45) is 0 Å². The molecular formula is C15H24N2O2. The monoisotopic (exact) mass is 264 g/mol. The van der Waals surface area contributed by atoms with Crippen LogP contribution in [0.2, 0.25) is 0 Å². The zero-order chi connectivity index (χ0) is 13.7. The molecule has 4 heteroatoms. The van der Waals surface area contributed by atoms with Gasteiger partial charge < -0.3 is 20.5 Å². The maximum atomic E-state index is 10.4. The fourth-order valence-electron chi connectivity index (χ4n) is 2.50. The maximum absolute atomic E-state index is 10.4. The van der Waals surface area contributed by atoms with Gasteiger partial charge in [-0.3, -0.25) is 0 Å². The van der Waals surface area contributed by atoms with Crippen molar-refractivity contribution in [2.75, 3.05) is 39.1 Å². The van der Waals surface area contributed by atoms with Gasteiger partial charge in [-0.05, 0) is 31.2 Å². The molecule has 0 bridgehead atoms. The van der Waals surface area contributed by atoms with Crippen LogP contribution in [0.1, 0.15) is 18.4 Å². The lowest BCUT2D eigenvalue weighted by Gasteiger charge is -2.35. The minimum absolute atomic E-state index is 0.575. The Labute approximate surface area is 115 Å². The van der Waals surface area contributed by atoms with Crippen LogP contribution in [-0.4, -0.2) is 49.0 Å². The lowest BCUT2D eigenvalue weighted by atomic mass is 9.94. The van der Waals surface area contributed by atoms with E-state index in [-0.39, 0.29) is 0 Å². The van der Waals surface area contributed by atoms with Gasteiger partial charge in [0, 0.05) is 44.8 Å². The average Bonchev–Trinajstić information content (AvgIpc) is 2.38. The molecule has 1 aromatic rings. The third-order valence-corrected chi connectivity index (χ3v) is 3.75. The molecule has 0 spiro atoms. The highest BCUT2D eigenvalue weighted by molar-refractivity contribution is 5.39. The van der Waals surface area contributed by atoms with Crippen LogP contribution in [0, 0.1) is 0 Å². The Bertz CT molecular complexity index is 386. The molecule has 1 saturated heterocycles. The Morgan fingerprint density at radius 1 is 1.26 bits per heavy atom. The second kappa shape index (κ2) is 6.37. The number of likely N-dealkylation sites (N-methyl/N-ethyl adjacent to an activating group) is 1. The summed E-state index contributed by atoms with van der Waals surface area (Å²) in [7, 11) is 2.06. The minimum Gasteiger partial charge on any atom is -0.399 e. The molecule has 0 saturated carbocycles. The van der Waals surface area contributed by atoms with E-state index in [1.165, 1.54) is 5.56 Å². The maximum Gasteiger partial charge on any atom is 0.0817 e. The molecule has 1 fully saturated rings. The second-order valence-corrected chi connectivity index (χ2v) is 5.57. The Hall–Kier alpha value is -1.10. The molecule has 4 nitrogen and oxygen atoms in total. The number of aliphatic hydroxyl groups is 1. The van der Waals surface area contributed by atoms with Gasteiger partial charge in [0.15, 0.2) is 0 Å². The zero-order valence-electron chi connectivity index (χ0n) is 11.6. The number of nitrogen functional groups attached to an aromatic ring is 1. The van der Waals surface area contributed by atoms with Crippen molar-refractivity contribution in [3.8, 4) is 0 Å². The molecule has 1 aliphatic heterocycles. The number of nitrogens with zero attached hydrogens (tertiary/aromatic N) is 1. The average molecular weight is 264 g/mol. The van der Waals surface area contributed by atoms with Gasteiger partial charge in [0.25, 0.3) is 0 Å². The molecule has 3 N–H and O–H groups in total. The Kier molecular flexibility index (Phi) is 4.80. The first kappa shape index (κ1) is 14.3. The molecule has 0 atom stereocenters. The number of hydrogen-bond acceptors (Lipinski definition) is 4. The Morgan fingerprint density at radius 3 is 2.53 bits per heavy atom. The number of hydrogen-bond donors (Lipinski definition) is 2. The van der Waals surface area contributed by atoms with Crippen molar-refractivity contribution >= 4 is 5.69 Å². The summed E-state index contributed by atoms with van der Waals surface area (Å²) in [4.78, 5) is 2.20. The summed E-state index contributed by atoms with van der Waals surface area (Å²) in [5, 5.41) is 10.4. The lowest BCUT2D eigenvalue weighted by molar-refractivity contribution is -0.0767. The van der Waals surface area contributed by atoms with Gasteiger partial charge in [-0.25, -0.2) is 0 Å². The largest absolute Gasteiger partial charge is 0.399 e. The van der Waals surface area contributed by atoms with E-state index >= 15 is 0 Å². The number of ether oxygens (including phenoxy) is 1. The predicted octanol–water partition coefficient (Wildman–Crippen LogP) is 1.28. The van der Waals surface area contributed by atoms with Crippen molar-refractivity contribution in [3.05, 3.63) is 29.8 Å². The van der Waals surface area contributed by atoms with E-state index in [2.05, 4.69) is 24.1 Å². The summed E-state index contributed by atoms with van der Waals surface area (Å²) in [6.07, 6.45) is 2.45. The Morgan fingerprint density at radius 2 is 1.89 bits per heavy atom. The van der Waals surface area contributed by atoms with Crippen LogP contribution >= 0.6 is 0 Å². The van der Waals surface area contributed by atoms with E-state index in [0.717, 1.165) is 31.5 Å². The van der Waals surface area contributed by atoms with Crippen molar-refractivity contribution in [1.29, 1.82) is 0 Å². The van der Waals surface area contributed by atoms with Crippen molar-refractivity contribution in [2.45, 2.75) is 24.9 Å². The zero-order valence-corrected chi connectivity index (χ0v) is 11.6. The second-order valence-electron chi connectivity index (χ2n) is 5.57. The third kappa shape index (κ3) is 4.49. The molecule has 0 amide bonds. The van der Waals surface area contributed by atoms with Crippen LogP contribution in [0.5, 0.6) is 0 Å². The molecule has 1 aromatic carbocycles. The van der Waals surface area contributed by atoms with E-state index in [1.807, 2.05) is 12.1 Å². The van der Waals surface area contributed by atoms with Crippen LogP contribution in [-0.2, 0) is 11.2 Å². The summed E-state index contributed by atoms with van der Waals surface area (Å²) in [5.41, 5.74) is 7.17. The summed E-state index contributed by atoms with van der Waals surface area (Å²) < 4.78 is 5.30. The molecule has 0 aliphatic carbocycles. The van der Waals surface area contributed by atoms with Crippen LogP contribution in [0.3, 0.4) is 0 Å². The van der Waals surface area contributed by atoms with Crippen molar-refractivity contribution in [3.63, 3.8) is 0 Å². The van der Waals surface area contributed by atoms with Gasteiger partial charge in [-0.1, -0.05) is 12.1 Å². The predicted molar refractivity (Wildman–Crippen MR) is 77.1 cm³/mol. The molecule has 1 heterocycles. The fraction of sp³-hybridized carbons (Fsp3) is 0.600. The third-order valence-electron chi connectivity index (χ3n) is 3.75. The normalized spacial score (nSPS) is 18.7. The molecule has 0 aromatic heterocycles. The fourth-order valence-corrected chi connectivity index (χ4v) is 2.50. The molecule has 1 aliphatic rings. The van der Waals surface area contributed by atoms with Gasteiger partial charge in [-0.2, -0.15) is 0 Å². The van der Waals surface area contributed by atoms with Gasteiger partial charge in [-0.15, -0.1) is 0 Å². The van der Waals surface area contributed by atoms with Crippen molar-refractivity contribution in [1.82, 2.24) is 4.90 Å². The lowest BCUT2D eigenvalue weighted by Crippen LogP contribution is -2.46. The van der Waals surface area contributed by atoms with Crippen LogP contribution in [0.4, 0.5) is 5.69 Å². The highest BCUT2D eigenvalue weighted by Crippen LogP contribution is 2.21. The van der Waals surface area contributed by atoms with E-state index in [9.17, 15) is 5.11 Å². The summed E-state index contributed by atoms with van der Waals surface area (Å²) in [5.74, 6) is 0. The van der Waals surface area contributed by atoms with Crippen molar-refractivity contribution < 1.29 is 9.84 Å². The highest BCUT2D eigenvalue weighted by Gasteiger charge is 2.30. The first-order chi connectivity index (χ1) is 9.07. The Balaban J connectivity index is 1.77. The number of nitrogens with two attached hydrogens (primary N) is 1. The number of rotatable bonds is 5. The molecular weight excluding hydrogens is 240 g/mol. The SMILES string of the molecule is CN(CCc1ccc(N)cc1)CC1(O)CCOCC1. The first-order valence-electron chi connectivity index (χ1n) is 6.90.